The van der Waals surface area contributed by atoms with E-state index in [1.807, 2.05) is 32.9 Å². The Morgan fingerprint density at radius 1 is 0.867 bits per heavy atom. The molecule has 2 aromatic carbocycles. The molecule has 2 aromatic heterocycles. The zero-order valence-electron chi connectivity index (χ0n) is 26.2. The van der Waals surface area contributed by atoms with Crippen LogP contribution in [0.15, 0.2) is 53.2 Å². The van der Waals surface area contributed by atoms with Crippen LogP contribution in [0.4, 0.5) is 20.7 Å². The lowest BCUT2D eigenvalue weighted by atomic mass is 9.93. The summed E-state index contributed by atoms with van der Waals surface area (Å²) in [6.45, 7) is 7.22. The van der Waals surface area contributed by atoms with E-state index in [9.17, 15) is 4.79 Å². The summed E-state index contributed by atoms with van der Waals surface area (Å²) in [6, 6.07) is 10.8. The number of benzene rings is 2. The van der Waals surface area contributed by atoms with Gasteiger partial charge < -0.3 is 24.1 Å². The summed E-state index contributed by atoms with van der Waals surface area (Å²) in [6.07, 6.45) is 11.3. The summed E-state index contributed by atoms with van der Waals surface area (Å²) in [7, 11) is 0. The van der Waals surface area contributed by atoms with E-state index in [2.05, 4.69) is 20.8 Å². The molecule has 2 N–H and O–H groups in total. The zero-order chi connectivity index (χ0) is 31.4. The second kappa shape index (κ2) is 13.3. The number of aromatic nitrogens is 2. The molecular weight excluding hydrogens is 575 g/mol. The van der Waals surface area contributed by atoms with Gasteiger partial charge in [0, 0.05) is 40.9 Å². The highest BCUT2D eigenvalue weighted by molar-refractivity contribution is 5.99. The lowest BCUT2D eigenvalue weighted by Gasteiger charge is -2.18. The third-order valence-electron chi connectivity index (χ3n) is 8.57. The second-order valence-electron chi connectivity index (χ2n) is 13.2. The van der Waals surface area contributed by atoms with Gasteiger partial charge in [-0.3, -0.25) is 10.3 Å². The second-order valence-corrected chi connectivity index (χ2v) is 13.2. The van der Waals surface area contributed by atoms with Crippen LogP contribution in [0.1, 0.15) is 77.9 Å². The van der Waals surface area contributed by atoms with Crippen molar-refractivity contribution in [3.8, 4) is 23.0 Å². The number of carbonyl (C=O) groups is 1. The average Bonchev–Trinajstić information content (AvgIpc) is 3.80. The molecule has 10 heteroatoms. The maximum Gasteiger partial charge on any atom is 0.324 e. The first-order chi connectivity index (χ1) is 21.7. The van der Waals surface area contributed by atoms with E-state index in [4.69, 9.17) is 18.7 Å². The minimum atomic E-state index is -0.636. The normalized spacial score (nSPS) is 15.8. The number of pyridine rings is 1. The van der Waals surface area contributed by atoms with E-state index in [0.717, 1.165) is 0 Å². The highest BCUT2D eigenvalue weighted by atomic mass is 19.1. The molecule has 0 spiro atoms. The van der Waals surface area contributed by atoms with Gasteiger partial charge in [-0.2, -0.15) is 0 Å². The number of ether oxygens (including phenoxy) is 3. The molecule has 0 bridgehead atoms. The average molecular weight is 617 g/mol. The molecule has 2 aliphatic carbocycles. The fourth-order valence-electron chi connectivity index (χ4n) is 5.96. The molecular formula is C35H41FN4O5. The van der Waals surface area contributed by atoms with Crippen LogP contribution >= 0.6 is 0 Å². The summed E-state index contributed by atoms with van der Waals surface area (Å²) < 4.78 is 39.3. The Hall–Kier alpha value is -4.34. The van der Waals surface area contributed by atoms with Gasteiger partial charge in [-0.15, -0.1) is 0 Å². The monoisotopic (exact) mass is 616 g/mol. The maximum atomic E-state index is 15.2. The van der Waals surface area contributed by atoms with Crippen molar-refractivity contribution in [1.29, 1.82) is 0 Å². The third kappa shape index (κ3) is 7.67. The predicted molar refractivity (Wildman–Crippen MR) is 171 cm³/mol. The summed E-state index contributed by atoms with van der Waals surface area (Å²) in [5.41, 5.74) is 0.667. The Balaban J connectivity index is 1.17. The lowest BCUT2D eigenvalue weighted by Crippen LogP contribution is -2.19. The quantitative estimate of drug-likeness (QED) is 0.183. The van der Waals surface area contributed by atoms with E-state index in [-0.39, 0.29) is 22.7 Å². The Morgan fingerprint density at radius 2 is 1.53 bits per heavy atom. The Kier molecular flexibility index (Phi) is 9.09. The number of nitrogens with zero attached hydrogens (tertiary/aromatic N) is 2. The highest BCUT2D eigenvalue weighted by Gasteiger charge is 2.22. The molecule has 45 heavy (non-hydrogen) atoms. The van der Waals surface area contributed by atoms with E-state index in [1.165, 1.54) is 63.5 Å². The van der Waals surface area contributed by atoms with Crippen molar-refractivity contribution in [3.63, 3.8) is 0 Å². The first-order valence-corrected chi connectivity index (χ1v) is 15.9. The van der Waals surface area contributed by atoms with Crippen molar-refractivity contribution in [1.82, 2.24) is 10.1 Å². The van der Waals surface area contributed by atoms with Gasteiger partial charge in [-0.05, 0) is 61.8 Å². The van der Waals surface area contributed by atoms with E-state index < -0.39 is 11.8 Å². The molecule has 6 rings (SSSR count). The fraction of sp³-hybridized carbons (Fsp3) is 0.457. The van der Waals surface area contributed by atoms with Gasteiger partial charge in [-0.25, -0.2) is 9.18 Å². The van der Waals surface area contributed by atoms with E-state index >= 15 is 4.39 Å². The molecule has 2 heterocycles. The number of amides is 2. The molecule has 2 amide bonds. The SMILES string of the molecule is CC(C)(C)c1cc(NC(=O)Nc2ccc(Oc3ccnc4cc(OCC5CCCC5)c(OCC5CCCC5)cc34)c(F)c2)no1. The van der Waals surface area contributed by atoms with Gasteiger partial charge >= 0.3 is 6.03 Å². The molecule has 0 saturated heterocycles. The van der Waals surface area contributed by atoms with Crippen molar-refractivity contribution in [2.75, 3.05) is 23.8 Å². The van der Waals surface area contributed by atoms with Gasteiger partial charge in [0.05, 0.1) is 18.7 Å². The van der Waals surface area contributed by atoms with Crippen LogP contribution in [0.5, 0.6) is 23.0 Å². The summed E-state index contributed by atoms with van der Waals surface area (Å²) in [4.78, 5) is 17.1. The lowest BCUT2D eigenvalue weighted by molar-refractivity contribution is 0.214. The van der Waals surface area contributed by atoms with Crippen LogP contribution in [0.2, 0.25) is 0 Å². The fourth-order valence-corrected chi connectivity index (χ4v) is 5.96. The minimum absolute atomic E-state index is 0.00904. The van der Waals surface area contributed by atoms with Gasteiger partial charge in [0.2, 0.25) is 0 Å². The predicted octanol–water partition coefficient (Wildman–Crippen LogP) is 9.23. The van der Waals surface area contributed by atoms with Crippen LogP contribution < -0.4 is 24.8 Å². The zero-order valence-corrected chi connectivity index (χ0v) is 26.2. The highest BCUT2D eigenvalue weighted by Crippen LogP contribution is 2.39. The number of hydrogen-bond acceptors (Lipinski definition) is 7. The molecule has 0 atom stereocenters. The molecule has 2 saturated carbocycles. The summed E-state index contributed by atoms with van der Waals surface area (Å²) >= 11 is 0. The first kappa shape index (κ1) is 30.7. The van der Waals surface area contributed by atoms with E-state index in [0.29, 0.717) is 59.0 Å². The maximum absolute atomic E-state index is 15.2. The van der Waals surface area contributed by atoms with Gasteiger partial charge in [0.25, 0.3) is 0 Å². The topological polar surface area (TPSA) is 108 Å². The molecule has 0 unspecified atom stereocenters. The number of nitrogens with one attached hydrogen (secondary N) is 2. The smallest absolute Gasteiger partial charge is 0.324 e. The van der Waals surface area contributed by atoms with Gasteiger partial charge in [-0.1, -0.05) is 51.6 Å². The first-order valence-electron chi connectivity index (χ1n) is 15.9. The van der Waals surface area contributed by atoms with Crippen molar-refractivity contribution in [3.05, 3.63) is 60.2 Å². The standard InChI is InChI=1S/C35H41FN4O5/c1-35(2,3)32-19-33(40-45-32)39-34(41)38-24-12-13-29(26(36)16-24)44-28-14-15-37-27-18-31(43-21-23-10-6-7-11-23)30(17-25(27)28)42-20-22-8-4-5-9-22/h12-19,22-23H,4-11,20-21H2,1-3H3,(H2,38,39,40,41). The molecule has 238 valence electrons. The number of rotatable bonds is 10. The molecule has 2 fully saturated rings. The van der Waals surface area contributed by atoms with Crippen molar-refractivity contribution < 1.29 is 27.9 Å². The van der Waals surface area contributed by atoms with Crippen LogP contribution in [-0.4, -0.2) is 29.4 Å². The van der Waals surface area contributed by atoms with Crippen LogP contribution in [-0.2, 0) is 5.41 Å². The summed E-state index contributed by atoms with van der Waals surface area (Å²) in [5.74, 6) is 3.13. The number of carbonyl (C=O) groups excluding carboxylic acids is 1. The van der Waals surface area contributed by atoms with Crippen LogP contribution in [0.3, 0.4) is 0 Å². The number of anilines is 2. The molecule has 4 aromatic rings. The Labute approximate surface area is 262 Å². The summed E-state index contributed by atoms with van der Waals surface area (Å²) in [5, 5.41) is 9.78. The number of fused-ring (bicyclic) bond motifs is 1. The van der Waals surface area contributed by atoms with Crippen molar-refractivity contribution in [2.24, 2.45) is 11.8 Å². The van der Waals surface area contributed by atoms with Crippen LogP contribution in [0.25, 0.3) is 10.9 Å². The van der Waals surface area contributed by atoms with Gasteiger partial charge in [0.15, 0.2) is 28.9 Å². The molecule has 0 aliphatic heterocycles. The third-order valence-corrected chi connectivity index (χ3v) is 8.57. The molecule has 2 aliphatic rings. The van der Waals surface area contributed by atoms with Crippen molar-refractivity contribution in [2.45, 2.75) is 77.6 Å². The number of halogens is 1. The van der Waals surface area contributed by atoms with Crippen LogP contribution in [0, 0.1) is 17.7 Å². The Morgan fingerprint density at radius 3 is 2.16 bits per heavy atom. The van der Waals surface area contributed by atoms with E-state index in [1.54, 1.807) is 24.4 Å². The van der Waals surface area contributed by atoms with Gasteiger partial charge in [0.1, 0.15) is 11.5 Å². The molecule has 9 nitrogen and oxygen atoms in total. The number of hydrogen-bond donors (Lipinski definition) is 2. The number of urea groups is 1. The largest absolute Gasteiger partial charge is 0.489 e. The minimum Gasteiger partial charge on any atom is -0.489 e. The Bertz CT molecular complexity index is 1640. The molecule has 0 radical (unpaired) electrons. The van der Waals surface area contributed by atoms with Crippen molar-refractivity contribution >= 4 is 28.4 Å².